The van der Waals surface area contributed by atoms with Crippen LogP contribution in [0.3, 0.4) is 0 Å². The Labute approximate surface area is 105 Å². The number of hydrogen-bond donors (Lipinski definition) is 0. The van der Waals surface area contributed by atoms with Gasteiger partial charge in [0.2, 0.25) is 0 Å². The molecule has 86 valence electrons. The summed E-state index contributed by atoms with van der Waals surface area (Å²) in [6.07, 6.45) is 1.94. The van der Waals surface area contributed by atoms with Gasteiger partial charge in [0.1, 0.15) is 0 Å². The molecule has 0 fully saturated rings. The molecular formula is C15H11N3. The highest BCUT2D eigenvalue weighted by Gasteiger charge is 2.06. The molecule has 0 saturated carbocycles. The third-order valence-electron chi connectivity index (χ3n) is 2.98. The van der Waals surface area contributed by atoms with Crippen LogP contribution < -0.4 is 0 Å². The van der Waals surface area contributed by atoms with E-state index in [1.54, 1.807) is 6.07 Å². The maximum absolute atomic E-state index is 7.04. The SMILES string of the molecule is [C-]#[N+]c1cccc(-c2cc3c(C)cccn3n2)c1. The average molecular weight is 233 g/mol. The maximum Gasteiger partial charge on any atom is 0.187 e. The van der Waals surface area contributed by atoms with E-state index in [1.807, 2.05) is 35.0 Å². The third-order valence-corrected chi connectivity index (χ3v) is 2.98. The predicted octanol–water partition coefficient (Wildman–Crippen LogP) is 3.86. The molecule has 0 aliphatic carbocycles. The van der Waals surface area contributed by atoms with Crippen LogP contribution in [0.4, 0.5) is 5.69 Å². The summed E-state index contributed by atoms with van der Waals surface area (Å²) in [5, 5.41) is 4.53. The van der Waals surface area contributed by atoms with Gasteiger partial charge in [-0.1, -0.05) is 24.3 Å². The first-order valence-corrected chi connectivity index (χ1v) is 5.71. The smallest absolute Gasteiger partial charge is 0.187 e. The lowest BCUT2D eigenvalue weighted by Gasteiger charge is -1.96. The molecule has 0 spiro atoms. The van der Waals surface area contributed by atoms with E-state index in [0.717, 1.165) is 16.8 Å². The molecule has 3 heteroatoms. The van der Waals surface area contributed by atoms with E-state index < -0.39 is 0 Å². The molecule has 0 bridgehead atoms. The van der Waals surface area contributed by atoms with Gasteiger partial charge in [-0.2, -0.15) is 5.10 Å². The second kappa shape index (κ2) is 4.01. The zero-order valence-corrected chi connectivity index (χ0v) is 9.96. The molecule has 0 unspecified atom stereocenters. The van der Waals surface area contributed by atoms with Gasteiger partial charge in [0.05, 0.1) is 17.8 Å². The van der Waals surface area contributed by atoms with Crippen LogP contribution in [-0.4, -0.2) is 9.61 Å². The molecule has 0 N–H and O–H groups in total. The van der Waals surface area contributed by atoms with Crippen LogP contribution in [0.15, 0.2) is 48.7 Å². The third kappa shape index (κ3) is 1.64. The normalized spacial score (nSPS) is 10.4. The van der Waals surface area contributed by atoms with Crippen molar-refractivity contribution in [2.24, 2.45) is 0 Å². The largest absolute Gasteiger partial charge is 0.240 e. The van der Waals surface area contributed by atoms with Crippen molar-refractivity contribution in [2.45, 2.75) is 6.92 Å². The Balaban J connectivity index is 2.20. The maximum atomic E-state index is 7.04. The number of rotatable bonds is 1. The molecule has 0 radical (unpaired) electrons. The van der Waals surface area contributed by atoms with E-state index in [-0.39, 0.29) is 0 Å². The van der Waals surface area contributed by atoms with Gasteiger partial charge in [-0.25, -0.2) is 9.36 Å². The number of aryl methyl sites for hydroxylation is 1. The van der Waals surface area contributed by atoms with Crippen molar-refractivity contribution in [3.63, 3.8) is 0 Å². The van der Waals surface area contributed by atoms with Crippen LogP contribution in [0, 0.1) is 13.5 Å². The molecular weight excluding hydrogens is 222 g/mol. The molecule has 2 aromatic heterocycles. The van der Waals surface area contributed by atoms with E-state index in [9.17, 15) is 0 Å². The highest BCUT2D eigenvalue weighted by Crippen LogP contribution is 2.25. The molecule has 0 amide bonds. The molecule has 0 saturated heterocycles. The lowest BCUT2D eigenvalue weighted by atomic mass is 10.1. The quantitative estimate of drug-likeness (QED) is 0.585. The molecule has 1 aromatic carbocycles. The van der Waals surface area contributed by atoms with Gasteiger partial charge in [0.25, 0.3) is 0 Å². The van der Waals surface area contributed by atoms with E-state index in [4.69, 9.17) is 6.57 Å². The highest BCUT2D eigenvalue weighted by molar-refractivity contribution is 5.70. The van der Waals surface area contributed by atoms with Crippen LogP contribution in [0.2, 0.25) is 0 Å². The lowest BCUT2D eigenvalue weighted by Crippen LogP contribution is -1.87. The Morgan fingerprint density at radius 3 is 2.83 bits per heavy atom. The van der Waals surface area contributed by atoms with Crippen molar-refractivity contribution in [2.75, 3.05) is 0 Å². The van der Waals surface area contributed by atoms with Crippen LogP contribution in [0.1, 0.15) is 5.56 Å². The molecule has 18 heavy (non-hydrogen) atoms. The van der Waals surface area contributed by atoms with Crippen LogP contribution in [0.25, 0.3) is 21.6 Å². The van der Waals surface area contributed by atoms with E-state index >= 15 is 0 Å². The zero-order valence-electron chi connectivity index (χ0n) is 9.96. The molecule has 0 aliphatic rings. The number of benzene rings is 1. The topological polar surface area (TPSA) is 21.7 Å². The number of hydrogen-bond acceptors (Lipinski definition) is 1. The Kier molecular flexibility index (Phi) is 2.35. The molecule has 3 nitrogen and oxygen atoms in total. The van der Waals surface area contributed by atoms with Gasteiger partial charge in [-0.3, -0.25) is 0 Å². The molecule has 0 atom stereocenters. The fraction of sp³-hybridized carbons (Fsp3) is 0.0667. The van der Waals surface area contributed by atoms with E-state index in [2.05, 4.69) is 29.0 Å². The van der Waals surface area contributed by atoms with Crippen LogP contribution in [-0.2, 0) is 0 Å². The number of fused-ring (bicyclic) bond motifs is 1. The summed E-state index contributed by atoms with van der Waals surface area (Å²) in [5.41, 5.74) is 4.81. The Morgan fingerprint density at radius 1 is 1.17 bits per heavy atom. The van der Waals surface area contributed by atoms with Crippen molar-refractivity contribution in [3.05, 3.63) is 65.6 Å². The average Bonchev–Trinajstić information content (AvgIpc) is 2.84. The minimum Gasteiger partial charge on any atom is -0.240 e. The monoisotopic (exact) mass is 233 g/mol. The van der Waals surface area contributed by atoms with Crippen molar-refractivity contribution in [3.8, 4) is 11.3 Å². The Hall–Kier alpha value is -2.60. The van der Waals surface area contributed by atoms with Crippen LogP contribution in [0.5, 0.6) is 0 Å². The minimum absolute atomic E-state index is 0.640. The summed E-state index contributed by atoms with van der Waals surface area (Å²) < 4.78 is 1.87. The van der Waals surface area contributed by atoms with E-state index in [1.165, 1.54) is 5.56 Å². The summed E-state index contributed by atoms with van der Waals surface area (Å²) in [7, 11) is 0. The molecule has 3 rings (SSSR count). The summed E-state index contributed by atoms with van der Waals surface area (Å²) in [6.45, 7) is 9.11. The molecule has 0 aliphatic heterocycles. The first-order chi connectivity index (χ1) is 8.78. The summed E-state index contributed by atoms with van der Waals surface area (Å²) in [5.74, 6) is 0. The number of nitrogens with zero attached hydrogens (tertiary/aromatic N) is 3. The fourth-order valence-corrected chi connectivity index (χ4v) is 2.03. The standard InChI is InChI=1S/C15H11N3/c1-11-5-4-8-18-15(11)10-14(17-18)12-6-3-7-13(9-12)16-2/h3-10H,1H3. The van der Waals surface area contributed by atoms with Gasteiger partial charge < -0.3 is 0 Å². The molecule has 2 heterocycles. The number of aromatic nitrogens is 2. The van der Waals surface area contributed by atoms with Crippen molar-refractivity contribution < 1.29 is 0 Å². The van der Waals surface area contributed by atoms with Crippen molar-refractivity contribution in [1.82, 2.24) is 9.61 Å². The Bertz CT molecular complexity index is 763. The minimum atomic E-state index is 0.640. The summed E-state index contributed by atoms with van der Waals surface area (Å²) in [4.78, 5) is 3.44. The first kappa shape index (κ1) is 10.5. The predicted molar refractivity (Wildman–Crippen MR) is 71.6 cm³/mol. The second-order valence-electron chi connectivity index (χ2n) is 4.21. The van der Waals surface area contributed by atoms with Gasteiger partial charge in [0.15, 0.2) is 5.69 Å². The first-order valence-electron chi connectivity index (χ1n) is 5.71. The van der Waals surface area contributed by atoms with Crippen molar-refractivity contribution >= 4 is 11.2 Å². The van der Waals surface area contributed by atoms with Gasteiger partial charge in [-0.05, 0) is 36.2 Å². The summed E-state index contributed by atoms with van der Waals surface area (Å²) in [6, 6.07) is 13.6. The second-order valence-corrected chi connectivity index (χ2v) is 4.21. The zero-order chi connectivity index (χ0) is 12.5. The van der Waals surface area contributed by atoms with E-state index in [0.29, 0.717) is 5.69 Å². The van der Waals surface area contributed by atoms with Crippen LogP contribution >= 0.6 is 0 Å². The number of pyridine rings is 1. The molecule has 3 aromatic rings. The Morgan fingerprint density at radius 2 is 2.06 bits per heavy atom. The van der Waals surface area contributed by atoms with Gasteiger partial charge in [-0.15, -0.1) is 0 Å². The lowest BCUT2D eigenvalue weighted by molar-refractivity contribution is 0.960. The highest BCUT2D eigenvalue weighted by atomic mass is 15.2. The fourth-order valence-electron chi connectivity index (χ4n) is 2.03. The van der Waals surface area contributed by atoms with Crippen molar-refractivity contribution in [1.29, 1.82) is 0 Å². The van der Waals surface area contributed by atoms with Gasteiger partial charge >= 0.3 is 0 Å². The summed E-state index contributed by atoms with van der Waals surface area (Å²) >= 11 is 0. The van der Waals surface area contributed by atoms with Gasteiger partial charge in [0, 0.05) is 6.20 Å².